The topological polar surface area (TPSA) is 64.6 Å². The van der Waals surface area contributed by atoms with Crippen LogP contribution >= 0.6 is 22.6 Å². The average Bonchev–Trinajstić information content (AvgIpc) is 2.80. The van der Waals surface area contributed by atoms with E-state index in [0.29, 0.717) is 34.9 Å². The van der Waals surface area contributed by atoms with Crippen molar-refractivity contribution in [2.75, 3.05) is 13.1 Å². The third-order valence-electron chi connectivity index (χ3n) is 5.64. The molecule has 160 valence electrons. The van der Waals surface area contributed by atoms with Gasteiger partial charge in [-0.1, -0.05) is 77.2 Å². The fourth-order valence-electron chi connectivity index (χ4n) is 3.98. The zero-order valence-electron chi connectivity index (χ0n) is 17.3. The number of ether oxygens (including phenoxy) is 2. The largest absolute Gasteiger partial charge is 0.450 e. The highest BCUT2D eigenvalue weighted by molar-refractivity contribution is 14.1. The molecule has 6 heteroatoms. The lowest BCUT2D eigenvalue weighted by Crippen LogP contribution is -2.43. The molecule has 5 nitrogen and oxygen atoms in total. The van der Waals surface area contributed by atoms with Gasteiger partial charge in [0.05, 0.1) is 5.56 Å². The predicted molar refractivity (Wildman–Crippen MR) is 129 cm³/mol. The van der Waals surface area contributed by atoms with Crippen molar-refractivity contribution in [3.05, 3.63) is 77.9 Å². The Hall–Kier alpha value is -2.45. The Labute approximate surface area is 195 Å². The van der Waals surface area contributed by atoms with E-state index in [1.807, 2.05) is 77.2 Å². The molecule has 1 atom stereocenters. The number of hydrogen-bond donors (Lipinski definition) is 1. The van der Waals surface area contributed by atoms with Crippen molar-refractivity contribution in [1.29, 1.82) is 0 Å². The Balaban J connectivity index is 1.70. The van der Waals surface area contributed by atoms with Gasteiger partial charge in [0.15, 0.2) is 0 Å². The van der Waals surface area contributed by atoms with Crippen LogP contribution in [0.2, 0.25) is 0 Å². The standard InChI is InChI=1S/C25H24INO4/c1-17(26)23(28)30-22-12-11-21(19-9-5-6-10-20(19)22)24(29)31-25(13-15-27-16-14-25)18-7-3-2-4-8-18/h2-12,17,27H,13-16H2,1H3. The summed E-state index contributed by atoms with van der Waals surface area (Å²) in [6.45, 7) is 3.34. The second kappa shape index (κ2) is 9.36. The summed E-state index contributed by atoms with van der Waals surface area (Å²) in [5.74, 6) is -0.249. The van der Waals surface area contributed by atoms with Crippen molar-refractivity contribution >= 4 is 45.3 Å². The number of esters is 2. The van der Waals surface area contributed by atoms with Crippen LogP contribution in [0, 0.1) is 0 Å². The Morgan fingerprint density at radius 1 is 0.935 bits per heavy atom. The number of piperidine rings is 1. The molecule has 31 heavy (non-hydrogen) atoms. The summed E-state index contributed by atoms with van der Waals surface area (Å²) in [5, 5.41) is 4.76. The molecule has 3 aromatic carbocycles. The van der Waals surface area contributed by atoms with Gasteiger partial charge in [0.2, 0.25) is 0 Å². The molecule has 1 fully saturated rings. The van der Waals surface area contributed by atoms with Crippen LogP contribution in [0.25, 0.3) is 10.8 Å². The quantitative estimate of drug-likeness (QED) is 0.218. The van der Waals surface area contributed by atoms with E-state index in [1.54, 1.807) is 19.1 Å². The number of hydrogen-bond acceptors (Lipinski definition) is 5. The van der Waals surface area contributed by atoms with Crippen LogP contribution in [0.5, 0.6) is 5.75 Å². The molecule has 0 spiro atoms. The fourth-order valence-corrected chi connectivity index (χ4v) is 4.11. The monoisotopic (exact) mass is 529 g/mol. The van der Waals surface area contributed by atoms with Crippen LogP contribution in [0.3, 0.4) is 0 Å². The third-order valence-corrected chi connectivity index (χ3v) is 6.15. The van der Waals surface area contributed by atoms with Crippen molar-refractivity contribution in [2.45, 2.75) is 29.3 Å². The van der Waals surface area contributed by atoms with E-state index in [0.717, 1.165) is 18.7 Å². The Bertz CT molecular complexity index is 1090. The summed E-state index contributed by atoms with van der Waals surface area (Å²) >= 11 is 2.02. The second-order valence-corrected chi connectivity index (χ2v) is 9.56. The van der Waals surface area contributed by atoms with E-state index >= 15 is 0 Å². The molecular formula is C25H24INO4. The Kier molecular flexibility index (Phi) is 6.57. The van der Waals surface area contributed by atoms with Gasteiger partial charge in [-0.05, 0) is 43.1 Å². The van der Waals surface area contributed by atoms with Crippen molar-refractivity contribution in [1.82, 2.24) is 5.32 Å². The average molecular weight is 529 g/mol. The highest BCUT2D eigenvalue weighted by Crippen LogP contribution is 2.37. The molecule has 0 radical (unpaired) electrons. The number of rotatable bonds is 5. The Morgan fingerprint density at radius 3 is 2.26 bits per heavy atom. The van der Waals surface area contributed by atoms with Gasteiger partial charge < -0.3 is 14.8 Å². The normalized spacial score (nSPS) is 16.5. The van der Waals surface area contributed by atoms with E-state index < -0.39 is 5.60 Å². The van der Waals surface area contributed by atoms with Gasteiger partial charge in [-0.15, -0.1) is 0 Å². The predicted octanol–water partition coefficient (Wildman–Crippen LogP) is 5.00. The number of carbonyl (C=O) groups excluding carboxylic acids is 2. The van der Waals surface area contributed by atoms with Crippen molar-refractivity contribution < 1.29 is 19.1 Å². The number of alkyl halides is 1. The second-order valence-electron chi connectivity index (χ2n) is 7.69. The van der Waals surface area contributed by atoms with Crippen LogP contribution < -0.4 is 10.1 Å². The van der Waals surface area contributed by atoms with Crippen LogP contribution in [0.15, 0.2) is 66.7 Å². The maximum Gasteiger partial charge on any atom is 0.339 e. The smallest absolute Gasteiger partial charge is 0.339 e. The number of fused-ring (bicyclic) bond motifs is 1. The molecule has 0 aliphatic carbocycles. The summed E-state index contributed by atoms with van der Waals surface area (Å²) in [5.41, 5.74) is 0.814. The minimum absolute atomic E-state index is 0.272. The minimum Gasteiger partial charge on any atom is -0.450 e. The van der Waals surface area contributed by atoms with E-state index in [2.05, 4.69) is 5.32 Å². The molecule has 4 rings (SSSR count). The van der Waals surface area contributed by atoms with Crippen molar-refractivity contribution in [3.8, 4) is 5.75 Å². The van der Waals surface area contributed by atoms with Gasteiger partial charge in [-0.2, -0.15) is 0 Å². The summed E-state index contributed by atoms with van der Waals surface area (Å²) in [6, 6.07) is 20.7. The molecule has 1 aliphatic rings. The lowest BCUT2D eigenvalue weighted by atomic mass is 9.84. The molecule has 0 amide bonds. The molecule has 1 N–H and O–H groups in total. The van der Waals surface area contributed by atoms with Gasteiger partial charge in [0.1, 0.15) is 15.3 Å². The van der Waals surface area contributed by atoms with Gasteiger partial charge in [0.25, 0.3) is 0 Å². The van der Waals surface area contributed by atoms with Crippen molar-refractivity contribution in [3.63, 3.8) is 0 Å². The lowest BCUT2D eigenvalue weighted by molar-refractivity contribution is -0.132. The number of carbonyl (C=O) groups is 2. The van der Waals surface area contributed by atoms with E-state index in [4.69, 9.17) is 9.47 Å². The number of halogens is 1. The van der Waals surface area contributed by atoms with Gasteiger partial charge in [0, 0.05) is 18.2 Å². The van der Waals surface area contributed by atoms with E-state index in [1.165, 1.54) is 0 Å². The molecule has 1 heterocycles. The Morgan fingerprint density at radius 2 is 1.58 bits per heavy atom. The maximum atomic E-state index is 13.4. The molecule has 0 bridgehead atoms. The summed E-state index contributed by atoms with van der Waals surface area (Å²) in [6.07, 6.45) is 1.42. The van der Waals surface area contributed by atoms with Gasteiger partial charge in [-0.3, -0.25) is 4.79 Å². The van der Waals surface area contributed by atoms with Crippen LogP contribution in [0.1, 0.15) is 35.7 Å². The molecular weight excluding hydrogens is 505 g/mol. The van der Waals surface area contributed by atoms with Gasteiger partial charge >= 0.3 is 11.9 Å². The van der Waals surface area contributed by atoms with E-state index in [-0.39, 0.29) is 15.9 Å². The number of benzene rings is 3. The highest BCUT2D eigenvalue weighted by atomic mass is 127. The first-order valence-electron chi connectivity index (χ1n) is 10.4. The molecule has 1 saturated heterocycles. The SMILES string of the molecule is CC(I)C(=O)Oc1ccc(C(=O)OC2(c3ccccc3)CCNCC2)c2ccccc12. The zero-order valence-corrected chi connectivity index (χ0v) is 19.4. The van der Waals surface area contributed by atoms with Crippen LogP contribution in [-0.4, -0.2) is 29.0 Å². The minimum atomic E-state index is -0.660. The number of nitrogens with one attached hydrogen (secondary N) is 1. The first-order chi connectivity index (χ1) is 15.0. The molecule has 0 saturated carbocycles. The molecule has 1 aliphatic heterocycles. The first-order valence-corrected chi connectivity index (χ1v) is 11.6. The lowest BCUT2D eigenvalue weighted by Gasteiger charge is -2.37. The first kappa shape index (κ1) is 21.8. The van der Waals surface area contributed by atoms with Crippen LogP contribution in [-0.2, 0) is 15.1 Å². The summed E-state index contributed by atoms with van der Waals surface area (Å²) in [4.78, 5) is 25.5. The molecule has 0 aromatic heterocycles. The fraction of sp³-hybridized carbons (Fsp3) is 0.280. The molecule has 1 unspecified atom stereocenters. The summed E-state index contributed by atoms with van der Waals surface area (Å²) in [7, 11) is 0. The maximum absolute atomic E-state index is 13.4. The zero-order chi connectivity index (χ0) is 21.8. The van der Waals surface area contributed by atoms with Gasteiger partial charge in [-0.25, -0.2) is 4.79 Å². The highest BCUT2D eigenvalue weighted by Gasteiger charge is 2.38. The molecule has 3 aromatic rings. The van der Waals surface area contributed by atoms with Crippen LogP contribution in [0.4, 0.5) is 0 Å². The summed E-state index contributed by atoms with van der Waals surface area (Å²) < 4.78 is 11.5. The van der Waals surface area contributed by atoms with E-state index in [9.17, 15) is 9.59 Å². The third kappa shape index (κ3) is 4.60. The van der Waals surface area contributed by atoms with Crippen molar-refractivity contribution in [2.24, 2.45) is 0 Å².